The maximum absolute atomic E-state index is 14.4. The van der Waals surface area contributed by atoms with Crippen LogP contribution in [-0.2, 0) is 19.1 Å². The third kappa shape index (κ3) is 7.13. The van der Waals surface area contributed by atoms with Gasteiger partial charge in [-0.15, -0.1) is 17.9 Å². The van der Waals surface area contributed by atoms with Crippen molar-refractivity contribution in [1.29, 1.82) is 0 Å². The van der Waals surface area contributed by atoms with E-state index in [0.29, 0.717) is 50.5 Å². The predicted molar refractivity (Wildman–Crippen MR) is 203 cm³/mol. The number of likely N-dealkylation sites (tertiary alicyclic amines) is 1. The van der Waals surface area contributed by atoms with E-state index in [1.54, 1.807) is 25.1 Å². The number of hydrogen-bond acceptors (Lipinski definition) is 10. The van der Waals surface area contributed by atoms with Crippen molar-refractivity contribution in [3.8, 4) is 22.2 Å². The van der Waals surface area contributed by atoms with Gasteiger partial charge in [-0.3, -0.25) is 9.59 Å². The van der Waals surface area contributed by atoms with E-state index in [1.807, 2.05) is 5.38 Å². The molecule has 13 nitrogen and oxygen atoms in total. The lowest BCUT2D eigenvalue weighted by Crippen LogP contribution is -2.56. The summed E-state index contributed by atoms with van der Waals surface area (Å²) in [4.78, 5) is 64.7. The molecule has 8 atom stereocenters. The van der Waals surface area contributed by atoms with Crippen molar-refractivity contribution in [2.24, 2.45) is 17.8 Å². The fourth-order valence-electron chi connectivity index (χ4n) is 7.74. The molecule has 286 valence electrons. The van der Waals surface area contributed by atoms with Crippen LogP contribution >= 0.6 is 22.9 Å². The Morgan fingerprint density at radius 1 is 1.11 bits per heavy atom. The van der Waals surface area contributed by atoms with E-state index in [4.69, 9.17) is 35.8 Å². The molecule has 3 aliphatic carbocycles. The van der Waals surface area contributed by atoms with Crippen LogP contribution in [-0.4, -0.2) is 87.3 Å². The SMILES string of the molecule is C=C[C@@H]1C[C@]1(NC(=O)[C@@H]1C[C@@H](Oc2cc(-c3nc(C(C)C)cs3)nc3c(Cl)c(OC)ccc23)CN1C(=O)C(NC(=O)O[C@@H]1C[C@@H]2C[C@@H]2C1)C(=C)C)C(=O)O. The maximum atomic E-state index is 14.4. The first kappa shape index (κ1) is 37.6. The molecular weight excluding hydrogens is 734 g/mol. The zero-order chi connectivity index (χ0) is 38.6. The number of thiazole rings is 1. The number of hydrogen-bond donors (Lipinski definition) is 3. The van der Waals surface area contributed by atoms with Gasteiger partial charge in [0.2, 0.25) is 11.8 Å². The van der Waals surface area contributed by atoms with Crippen molar-refractivity contribution in [3.63, 3.8) is 0 Å². The average Bonchev–Trinajstić information content (AvgIpc) is 3.77. The van der Waals surface area contributed by atoms with Crippen LogP contribution in [0.25, 0.3) is 21.6 Å². The highest BCUT2D eigenvalue weighted by molar-refractivity contribution is 7.13. The largest absolute Gasteiger partial charge is 0.495 e. The van der Waals surface area contributed by atoms with Gasteiger partial charge in [-0.05, 0) is 68.1 Å². The van der Waals surface area contributed by atoms with Gasteiger partial charge in [-0.1, -0.05) is 38.1 Å². The number of nitrogens with one attached hydrogen (secondary N) is 2. The number of fused-ring (bicyclic) bond motifs is 2. The number of benzene rings is 1. The molecule has 3 amide bonds. The Morgan fingerprint density at radius 2 is 1.85 bits per heavy atom. The first-order chi connectivity index (χ1) is 25.7. The number of methoxy groups -OCH3 is 1. The van der Waals surface area contributed by atoms with Crippen molar-refractivity contribution in [2.75, 3.05) is 13.7 Å². The lowest BCUT2D eigenvalue weighted by Gasteiger charge is -2.29. The number of pyridine rings is 1. The van der Waals surface area contributed by atoms with Crippen LogP contribution in [0, 0.1) is 17.8 Å². The number of amides is 3. The van der Waals surface area contributed by atoms with Crippen LogP contribution in [0.3, 0.4) is 0 Å². The minimum absolute atomic E-state index is 0.0159. The molecule has 1 aliphatic heterocycles. The molecule has 0 radical (unpaired) electrons. The fourth-order valence-corrected chi connectivity index (χ4v) is 8.96. The van der Waals surface area contributed by atoms with Crippen LogP contribution in [0.5, 0.6) is 11.5 Å². The summed E-state index contributed by atoms with van der Waals surface area (Å²) in [5.74, 6) is -0.726. The van der Waals surface area contributed by atoms with E-state index in [1.165, 1.54) is 29.4 Å². The fraction of sp³-hybridized carbons (Fsp3) is 0.487. The number of halogens is 1. The number of rotatable bonds is 13. The third-order valence-corrected chi connectivity index (χ3v) is 12.3. The summed E-state index contributed by atoms with van der Waals surface area (Å²) < 4.78 is 17.8. The number of aromatic nitrogens is 2. The van der Waals surface area contributed by atoms with Gasteiger partial charge in [0.05, 0.1) is 24.9 Å². The minimum Gasteiger partial charge on any atom is -0.495 e. The summed E-state index contributed by atoms with van der Waals surface area (Å²) in [5.41, 5.74) is 0.652. The van der Waals surface area contributed by atoms with Gasteiger partial charge in [-0.25, -0.2) is 19.6 Å². The molecule has 2 aromatic heterocycles. The highest BCUT2D eigenvalue weighted by Crippen LogP contribution is 2.52. The molecule has 1 saturated heterocycles. The highest BCUT2D eigenvalue weighted by Gasteiger charge is 2.61. The standard InChI is InChI=1S/C39H44ClN5O8S/c1-7-22-15-39(22,37(48)49)44-34(46)28-13-24(16-45(28)36(47)32(19(4)5)43-38(50)53-23-11-20-10-21(20)12-23)52-30-14-26(35-42-27(17-54-35)18(2)3)41-33-25(30)8-9-29(51-6)31(33)40/h7-9,14,17-18,20-24,28,32H,1,4,10-13,15-16H2,2-3,5-6H3,(H,43,50)(H,44,46)(H,48,49)/t20-,21+,22-,23+,24-,28+,32?,39-/m1/s1. The predicted octanol–water partition coefficient (Wildman–Crippen LogP) is 6.11. The van der Waals surface area contributed by atoms with E-state index >= 15 is 0 Å². The molecule has 7 rings (SSSR count). The van der Waals surface area contributed by atoms with Crippen molar-refractivity contribution < 1.29 is 38.5 Å². The first-order valence-electron chi connectivity index (χ1n) is 18.1. The Hall–Kier alpha value is -4.69. The number of carboxylic acids is 1. The van der Waals surface area contributed by atoms with Crippen LogP contribution in [0.1, 0.15) is 64.5 Å². The van der Waals surface area contributed by atoms with Gasteiger partial charge in [0.25, 0.3) is 0 Å². The summed E-state index contributed by atoms with van der Waals surface area (Å²) in [7, 11) is 1.51. The molecule has 3 heterocycles. The second-order valence-electron chi connectivity index (χ2n) is 15.2. The lowest BCUT2D eigenvalue weighted by molar-refractivity contribution is -0.145. The molecule has 0 spiro atoms. The molecule has 3 aromatic rings. The summed E-state index contributed by atoms with van der Waals surface area (Å²) >= 11 is 8.22. The van der Waals surface area contributed by atoms with Gasteiger partial charge in [-0.2, -0.15) is 0 Å². The average molecular weight is 778 g/mol. The van der Waals surface area contributed by atoms with Crippen LogP contribution in [0.15, 0.2) is 48.4 Å². The molecule has 15 heteroatoms. The van der Waals surface area contributed by atoms with Gasteiger partial charge < -0.3 is 34.9 Å². The molecular formula is C39H44ClN5O8S. The number of alkyl carbamates (subject to hydrolysis) is 1. The summed E-state index contributed by atoms with van der Waals surface area (Å²) in [6.07, 6.45) is 2.76. The molecule has 0 bridgehead atoms. The number of aliphatic carboxylic acids is 1. The molecule has 4 fully saturated rings. The smallest absolute Gasteiger partial charge is 0.408 e. The van der Waals surface area contributed by atoms with Crippen LogP contribution in [0.2, 0.25) is 5.02 Å². The Morgan fingerprint density at radius 3 is 2.46 bits per heavy atom. The van der Waals surface area contributed by atoms with Gasteiger partial charge in [0.1, 0.15) is 57.1 Å². The van der Waals surface area contributed by atoms with Crippen molar-refractivity contribution in [1.82, 2.24) is 25.5 Å². The Bertz CT molecular complexity index is 2040. The summed E-state index contributed by atoms with van der Waals surface area (Å²) in [6.45, 7) is 13.3. The highest BCUT2D eigenvalue weighted by atomic mass is 35.5. The molecule has 1 unspecified atom stereocenters. The second kappa shape index (κ2) is 14.5. The first-order valence-corrected chi connectivity index (χ1v) is 19.4. The zero-order valence-electron chi connectivity index (χ0n) is 30.6. The van der Waals surface area contributed by atoms with Crippen molar-refractivity contribution >= 4 is 57.7 Å². The van der Waals surface area contributed by atoms with E-state index in [9.17, 15) is 24.3 Å². The number of nitrogens with zero attached hydrogens (tertiary/aromatic N) is 3. The van der Waals surface area contributed by atoms with Gasteiger partial charge >= 0.3 is 12.1 Å². The zero-order valence-corrected chi connectivity index (χ0v) is 32.2. The second-order valence-corrected chi connectivity index (χ2v) is 16.4. The minimum atomic E-state index is -1.53. The van der Waals surface area contributed by atoms with Crippen molar-refractivity contribution in [2.45, 2.75) is 88.6 Å². The Balaban J connectivity index is 1.19. The lowest BCUT2D eigenvalue weighted by atomic mass is 10.1. The maximum Gasteiger partial charge on any atom is 0.408 e. The van der Waals surface area contributed by atoms with Gasteiger partial charge in [0.15, 0.2) is 0 Å². The monoisotopic (exact) mass is 777 g/mol. The van der Waals surface area contributed by atoms with Crippen LogP contribution in [0.4, 0.5) is 4.79 Å². The van der Waals surface area contributed by atoms with E-state index < -0.39 is 53.5 Å². The van der Waals surface area contributed by atoms with E-state index in [0.717, 1.165) is 25.0 Å². The van der Waals surface area contributed by atoms with Gasteiger partial charge in [0, 0.05) is 29.2 Å². The van der Waals surface area contributed by atoms with E-state index in [2.05, 4.69) is 37.6 Å². The molecule has 54 heavy (non-hydrogen) atoms. The van der Waals surface area contributed by atoms with Crippen molar-refractivity contribution in [3.05, 3.63) is 59.1 Å². The Labute approximate surface area is 322 Å². The van der Waals surface area contributed by atoms with E-state index in [-0.39, 0.29) is 36.4 Å². The van der Waals surface area contributed by atoms with Crippen LogP contribution < -0.4 is 20.1 Å². The Kier molecular flexibility index (Phi) is 10.1. The molecule has 3 saturated carbocycles. The normalized spacial score (nSPS) is 27.2. The third-order valence-electron chi connectivity index (χ3n) is 11.0. The molecule has 3 N–H and O–H groups in total. The number of ether oxygens (including phenoxy) is 3. The quantitative estimate of drug-likeness (QED) is 0.172. The summed E-state index contributed by atoms with van der Waals surface area (Å²) in [6, 6.07) is 2.88. The molecule has 4 aliphatic rings. The number of carboxylic acid groups (broad SMARTS) is 1. The molecule has 1 aromatic carbocycles. The topological polar surface area (TPSA) is 169 Å². The number of carbonyl (C=O) groups is 4. The summed E-state index contributed by atoms with van der Waals surface area (Å²) in [5, 5.41) is 18.9. The number of carbonyl (C=O) groups excluding carboxylic acids is 3.